The van der Waals surface area contributed by atoms with Crippen LogP contribution in [0.1, 0.15) is 12.0 Å². The number of thiophene rings is 1. The lowest BCUT2D eigenvalue weighted by Crippen LogP contribution is -2.46. The molecule has 0 spiro atoms. The number of rotatable bonds is 6. The van der Waals surface area contributed by atoms with Crippen LogP contribution in [0.4, 0.5) is 5.00 Å². The number of nitrogens with zero attached hydrogens (tertiary/aromatic N) is 3. The third-order valence-corrected chi connectivity index (χ3v) is 4.26. The first-order valence-corrected chi connectivity index (χ1v) is 7.31. The summed E-state index contributed by atoms with van der Waals surface area (Å²) in [6.45, 7) is 4.73. The number of nitro groups is 1. The molecule has 0 bridgehead atoms. The predicted octanol–water partition coefficient (Wildman–Crippen LogP) is 1.25. The van der Waals surface area contributed by atoms with Crippen LogP contribution in [0.5, 0.6) is 0 Å². The Labute approximate surface area is 120 Å². The van der Waals surface area contributed by atoms with Gasteiger partial charge in [0.05, 0.1) is 11.3 Å². The molecule has 1 aliphatic heterocycles. The summed E-state index contributed by atoms with van der Waals surface area (Å²) in [5, 5.41) is 21.3. The molecule has 8 heteroatoms. The van der Waals surface area contributed by atoms with Gasteiger partial charge in [-0.1, -0.05) is 11.3 Å². The second-order valence-corrected chi connectivity index (χ2v) is 5.70. The second kappa shape index (κ2) is 6.78. The van der Waals surface area contributed by atoms with E-state index in [4.69, 9.17) is 5.11 Å². The van der Waals surface area contributed by atoms with Crippen LogP contribution in [-0.4, -0.2) is 58.5 Å². The van der Waals surface area contributed by atoms with Crippen LogP contribution in [0.25, 0.3) is 0 Å². The number of carbonyl (C=O) groups is 1. The summed E-state index contributed by atoms with van der Waals surface area (Å²) < 4.78 is 0. The zero-order chi connectivity index (χ0) is 14.5. The quantitative estimate of drug-likeness (QED) is 0.628. The van der Waals surface area contributed by atoms with E-state index in [1.54, 1.807) is 6.07 Å². The summed E-state index contributed by atoms with van der Waals surface area (Å²) in [4.78, 5) is 25.2. The summed E-state index contributed by atoms with van der Waals surface area (Å²) in [7, 11) is 0. The number of carboxylic acids is 1. The van der Waals surface area contributed by atoms with Gasteiger partial charge in [0, 0.05) is 50.7 Å². The number of aliphatic carboxylic acids is 1. The van der Waals surface area contributed by atoms with Crippen molar-refractivity contribution < 1.29 is 14.8 Å². The highest BCUT2D eigenvalue weighted by Gasteiger charge is 2.18. The molecule has 1 aromatic rings. The molecule has 1 fully saturated rings. The van der Waals surface area contributed by atoms with Crippen LogP contribution in [-0.2, 0) is 11.3 Å². The highest BCUT2D eigenvalue weighted by molar-refractivity contribution is 7.13. The first-order valence-electron chi connectivity index (χ1n) is 6.43. The molecule has 1 aliphatic rings. The Morgan fingerprint density at radius 1 is 1.35 bits per heavy atom. The molecule has 0 aliphatic carbocycles. The number of carboxylic acid groups (broad SMARTS) is 1. The van der Waals surface area contributed by atoms with Crippen LogP contribution in [0.2, 0.25) is 0 Å². The monoisotopic (exact) mass is 299 g/mol. The van der Waals surface area contributed by atoms with Gasteiger partial charge in [0.25, 0.3) is 0 Å². The molecule has 20 heavy (non-hydrogen) atoms. The van der Waals surface area contributed by atoms with E-state index in [1.807, 2.05) is 5.38 Å². The Morgan fingerprint density at radius 2 is 2.00 bits per heavy atom. The Balaban J connectivity index is 1.76. The SMILES string of the molecule is O=C(O)CCN1CCN(Cc2csc([N+](=O)[O-])c2)CC1. The van der Waals surface area contributed by atoms with Gasteiger partial charge < -0.3 is 10.0 Å². The normalized spacial score (nSPS) is 17.2. The Kier molecular flexibility index (Phi) is 5.05. The summed E-state index contributed by atoms with van der Waals surface area (Å²) in [5.41, 5.74) is 0.973. The van der Waals surface area contributed by atoms with Crippen molar-refractivity contribution in [3.05, 3.63) is 27.1 Å². The summed E-state index contributed by atoms with van der Waals surface area (Å²) >= 11 is 1.16. The third kappa shape index (κ3) is 4.26. The minimum Gasteiger partial charge on any atom is -0.481 e. The van der Waals surface area contributed by atoms with E-state index in [2.05, 4.69) is 9.80 Å². The average molecular weight is 299 g/mol. The van der Waals surface area contributed by atoms with E-state index in [1.165, 1.54) is 0 Å². The predicted molar refractivity (Wildman–Crippen MR) is 74.9 cm³/mol. The van der Waals surface area contributed by atoms with Crippen molar-refractivity contribution in [1.82, 2.24) is 9.80 Å². The summed E-state index contributed by atoms with van der Waals surface area (Å²) in [6.07, 6.45) is 0.177. The van der Waals surface area contributed by atoms with Gasteiger partial charge in [0.2, 0.25) is 0 Å². The number of hydrogen-bond donors (Lipinski definition) is 1. The largest absolute Gasteiger partial charge is 0.481 e. The van der Waals surface area contributed by atoms with E-state index < -0.39 is 5.97 Å². The fourth-order valence-corrected chi connectivity index (χ4v) is 2.94. The van der Waals surface area contributed by atoms with Crippen LogP contribution >= 0.6 is 11.3 Å². The van der Waals surface area contributed by atoms with Crippen molar-refractivity contribution in [2.45, 2.75) is 13.0 Å². The first-order chi connectivity index (χ1) is 9.54. The van der Waals surface area contributed by atoms with Gasteiger partial charge in [-0.25, -0.2) is 0 Å². The standard InChI is InChI=1S/C12H17N3O4S/c16-12(17)1-2-13-3-5-14(6-4-13)8-10-7-11(15(18)19)20-9-10/h7,9H,1-6,8H2,(H,16,17). The maximum atomic E-state index is 10.6. The average Bonchev–Trinajstić information content (AvgIpc) is 2.86. The Hall–Kier alpha value is -1.51. The number of piperazine rings is 1. The van der Waals surface area contributed by atoms with Crippen LogP contribution in [0, 0.1) is 10.1 Å². The summed E-state index contributed by atoms with van der Waals surface area (Å²) in [6, 6.07) is 1.63. The molecule has 110 valence electrons. The highest BCUT2D eigenvalue weighted by Crippen LogP contribution is 2.23. The van der Waals surface area contributed by atoms with E-state index in [0.29, 0.717) is 6.54 Å². The molecular weight excluding hydrogens is 282 g/mol. The van der Waals surface area contributed by atoms with Crippen molar-refractivity contribution >= 4 is 22.3 Å². The molecule has 0 radical (unpaired) electrons. The Morgan fingerprint density at radius 3 is 2.55 bits per heavy atom. The van der Waals surface area contributed by atoms with Crippen molar-refractivity contribution in [3.63, 3.8) is 0 Å². The van der Waals surface area contributed by atoms with Crippen LogP contribution < -0.4 is 0 Å². The highest BCUT2D eigenvalue weighted by atomic mass is 32.1. The lowest BCUT2D eigenvalue weighted by Gasteiger charge is -2.34. The molecule has 0 aromatic carbocycles. The fourth-order valence-electron chi connectivity index (χ4n) is 2.22. The summed E-state index contributed by atoms with van der Waals surface area (Å²) in [5.74, 6) is -0.766. The molecule has 1 saturated heterocycles. The molecule has 0 amide bonds. The van der Waals surface area contributed by atoms with E-state index in [9.17, 15) is 14.9 Å². The van der Waals surface area contributed by atoms with E-state index in [0.717, 1.165) is 49.6 Å². The molecule has 0 atom stereocenters. The van der Waals surface area contributed by atoms with Gasteiger partial charge in [-0.05, 0) is 5.56 Å². The third-order valence-electron chi connectivity index (χ3n) is 3.33. The molecule has 0 saturated carbocycles. The van der Waals surface area contributed by atoms with Crippen molar-refractivity contribution in [3.8, 4) is 0 Å². The second-order valence-electron chi connectivity index (χ2n) is 4.81. The molecule has 2 heterocycles. The van der Waals surface area contributed by atoms with E-state index in [-0.39, 0.29) is 16.3 Å². The molecule has 7 nitrogen and oxygen atoms in total. The maximum Gasteiger partial charge on any atom is 0.324 e. The van der Waals surface area contributed by atoms with Crippen molar-refractivity contribution in [2.24, 2.45) is 0 Å². The van der Waals surface area contributed by atoms with Gasteiger partial charge in [-0.3, -0.25) is 19.8 Å². The van der Waals surface area contributed by atoms with Gasteiger partial charge in [0.1, 0.15) is 0 Å². The topological polar surface area (TPSA) is 86.9 Å². The molecular formula is C12H17N3O4S. The lowest BCUT2D eigenvalue weighted by atomic mass is 10.2. The minimum absolute atomic E-state index is 0.177. The maximum absolute atomic E-state index is 10.6. The zero-order valence-electron chi connectivity index (χ0n) is 11.0. The van der Waals surface area contributed by atoms with Gasteiger partial charge in [0.15, 0.2) is 0 Å². The van der Waals surface area contributed by atoms with Gasteiger partial charge >= 0.3 is 11.0 Å². The van der Waals surface area contributed by atoms with Crippen molar-refractivity contribution in [1.29, 1.82) is 0 Å². The Bertz CT molecular complexity index is 483. The number of hydrogen-bond acceptors (Lipinski definition) is 6. The van der Waals surface area contributed by atoms with Crippen LogP contribution in [0.15, 0.2) is 11.4 Å². The molecule has 2 rings (SSSR count). The first kappa shape index (κ1) is 14.9. The van der Waals surface area contributed by atoms with Gasteiger partial charge in [-0.15, -0.1) is 0 Å². The smallest absolute Gasteiger partial charge is 0.324 e. The van der Waals surface area contributed by atoms with Crippen LogP contribution in [0.3, 0.4) is 0 Å². The zero-order valence-corrected chi connectivity index (χ0v) is 11.8. The fraction of sp³-hybridized carbons (Fsp3) is 0.583. The van der Waals surface area contributed by atoms with Crippen molar-refractivity contribution in [2.75, 3.05) is 32.7 Å². The lowest BCUT2D eigenvalue weighted by molar-refractivity contribution is -0.380. The minimum atomic E-state index is -0.766. The van der Waals surface area contributed by atoms with Gasteiger partial charge in [-0.2, -0.15) is 0 Å². The molecule has 0 unspecified atom stereocenters. The molecule has 1 aromatic heterocycles. The molecule has 1 N–H and O–H groups in total. The van der Waals surface area contributed by atoms with E-state index >= 15 is 0 Å².